The van der Waals surface area contributed by atoms with Crippen molar-refractivity contribution >= 4 is 11.8 Å². The van der Waals surface area contributed by atoms with Gasteiger partial charge in [-0.2, -0.15) is 0 Å². The molecule has 0 aliphatic carbocycles. The minimum absolute atomic E-state index is 0.214. The summed E-state index contributed by atoms with van der Waals surface area (Å²) in [4.78, 5) is 15.5. The number of aliphatic hydroxyl groups excluding tert-OH is 1. The van der Waals surface area contributed by atoms with E-state index in [0.29, 0.717) is 29.7 Å². The van der Waals surface area contributed by atoms with Crippen molar-refractivity contribution in [2.24, 2.45) is 11.8 Å². The molecule has 5 nitrogen and oxygen atoms in total. The minimum Gasteiger partial charge on any atom is -0.450 e. The van der Waals surface area contributed by atoms with Crippen LogP contribution in [0.15, 0.2) is 18.2 Å². The molecule has 2 aliphatic heterocycles. The van der Waals surface area contributed by atoms with Gasteiger partial charge >= 0.3 is 6.09 Å². The largest absolute Gasteiger partial charge is 0.450 e. The maximum absolute atomic E-state index is 14.3. The predicted octanol–water partition coefficient (Wildman–Crippen LogP) is 2.62. The Morgan fingerprint density at radius 3 is 2.62 bits per heavy atom. The standard InChI is InChI=1S/C18H25FN2O3/c1-2-24-18(23)20-8-6-13(7-9-20)15-10-21(11-15)16-5-3-4-14(12-22)17(16)19/h3-5,13,15,22H,2,6-12H2,1H3. The van der Waals surface area contributed by atoms with Gasteiger partial charge in [0.2, 0.25) is 0 Å². The quantitative estimate of drug-likeness (QED) is 0.918. The van der Waals surface area contributed by atoms with Crippen molar-refractivity contribution in [3.63, 3.8) is 0 Å². The number of halogens is 1. The molecule has 0 atom stereocenters. The molecule has 3 rings (SSSR count). The van der Waals surface area contributed by atoms with E-state index >= 15 is 0 Å². The van der Waals surface area contributed by atoms with Crippen molar-refractivity contribution in [2.75, 3.05) is 37.7 Å². The number of hydrogen-bond donors (Lipinski definition) is 1. The van der Waals surface area contributed by atoms with E-state index in [2.05, 4.69) is 0 Å². The summed E-state index contributed by atoms with van der Waals surface area (Å²) in [6.45, 7) is 5.13. The highest BCUT2D eigenvalue weighted by molar-refractivity contribution is 5.67. The van der Waals surface area contributed by atoms with E-state index in [-0.39, 0.29) is 18.5 Å². The van der Waals surface area contributed by atoms with E-state index in [9.17, 15) is 14.3 Å². The van der Waals surface area contributed by atoms with Gasteiger partial charge in [-0.25, -0.2) is 9.18 Å². The first-order valence-corrected chi connectivity index (χ1v) is 8.69. The number of benzene rings is 1. The number of carbonyl (C=O) groups is 1. The maximum atomic E-state index is 14.3. The molecule has 6 heteroatoms. The number of piperidine rings is 1. The Hall–Kier alpha value is -1.82. The summed E-state index contributed by atoms with van der Waals surface area (Å²) in [5, 5.41) is 9.18. The highest BCUT2D eigenvalue weighted by atomic mass is 19.1. The smallest absolute Gasteiger partial charge is 0.409 e. The summed E-state index contributed by atoms with van der Waals surface area (Å²) in [6.07, 6.45) is 1.75. The van der Waals surface area contributed by atoms with Crippen molar-refractivity contribution in [2.45, 2.75) is 26.4 Å². The number of amides is 1. The number of anilines is 1. The second kappa shape index (κ2) is 7.38. The van der Waals surface area contributed by atoms with Gasteiger partial charge in [0.1, 0.15) is 0 Å². The lowest BCUT2D eigenvalue weighted by Crippen LogP contribution is -2.53. The van der Waals surface area contributed by atoms with Crippen LogP contribution in [0.2, 0.25) is 0 Å². The SMILES string of the molecule is CCOC(=O)N1CCC(C2CN(c3cccc(CO)c3F)C2)CC1. The maximum Gasteiger partial charge on any atom is 0.409 e. The molecule has 1 aromatic rings. The van der Waals surface area contributed by atoms with Crippen LogP contribution in [0.3, 0.4) is 0 Å². The zero-order chi connectivity index (χ0) is 17.1. The van der Waals surface area contributed by atoms with E-state index in [1.165, 1.54) is 0 Å². The Labute approximate surface area is 142 Å². The number of aliphatic hydroxyl groups is 1. The second-order valence-corrected chi connectivity index (χ2v) is 6.60. The van der Waals surface area contributed by atoms with Crippen LogP contribution in [-0.2, 0) is 11.3 Å². The average Bonchev–Trinajstić information content (AvgIpc) is 2.56. The van der Waals surface area contributed by atoms with E-state index in [0.717, 1.165) is 39.0 Å². The second-order valence-electron chi connectivity index (χ2n) is 6.60. The summed E-state index contributed by atoms with van der Waals surface area (Å²) in [7, 11) is 0. The van der Waals surface area contributed by atoms with Crippen molar-refractivity contribution < 1.29 is 19.0 Å². The van der Waals surface area contributed by atoms with E-state index < -0.39 is 0 Å². The summed E-state index contributed by atoms with van der Waals surface area (Å²) >= 11 is 0. The lowest BCUT2D eigenvalue weighted by molar-refractivity contribution is 0.0807. The number of likely N-dealkylation sites (tertiary alicyclic amines) is 1. The fourth-order valence-corrected chi connectivity index (χ4v) is 3.71. The lowest BCUT2D eigenvalue weighted by atomic mass is 9.79. The molecule has 0 spiro atoms. The Kier molecular flexibility index (Phi) is 5.23. The van der Waals surface area contributed by atoms with Crippen LogP contribution in [0.5, 0.6) is 0 Å². The van der Waals surface area contributed by atoms with E-state index in [1.54, 1.807) is 23.1 Å². The van der Waals surface area contributed by atoms with Crippen LogP contribution < -0.4 is 4.90 Å². The molecule has 0 bridgehead atoms. The molecular formula is C18H25FN2O3. The van der Waals surface area contributed by atoms with Crippen LogP contribution in [0.25, 0.3) is 0 Å². The molecule has 2 fully saturated rings. The molecule has 0 unspecified atom stereocenters. The predicted molar refractivity (Wildman–Crippen MR) is 89.3 cm³/mol. The van der Waals surface area contributed by atoms with Gasteiger partial charge in [-0.3, -0.25) is 0 Å². The van der Waals surface area contributed by atoms with Crippen molar-refractivity contribution in [3.8, 4) is 0 Å². The number of ether oxygens (including phenoxy) is 1. The van der Waals surface area contributed by atoms with Gasteiger partial charge in [-0.1, -0.05) is 12.1 Å². The third-order valence-corrected chi connectivity index (χ3v) is 5.21. The number of rotatable bonds is 4. The van der Waals surface area contributed by atoms with Gasteiger partial charge in [0, 0.05) is 31.7 Å². The fraction of sp³-hybridized carbons (Fsp3) is 0.611. The first-order valence-electron chi connectivity index (χ1n) is 8.69. The highest BCUT2D eigenvalue weighted by Crippen LogP contribution is 2.36. The van der Waals surface area contributed by atoms with Gasteiger partial charge in [-0.15, -0.1) is 0 Å². The highest BCUT2D eigenvalue weighted by Gasteiger charge is 2.37. The summed E-state index contributed by atoms with van der Waals surface area (Å²) in [5.41, 5.74) is 0.931. The Balaban J connectivity index is 1.50. The molecule has 24 heavy (non-hydrogen) atoms. The van der Waals surface area contributed by atoms with Gasteiger partial charge in [-0.05, 0) is 37.7 Å². The summed E-state index contributed by atoms with van der Waals surface area (Å²) < 4.78 is 19.3. The van der Waals surface area contributed by atoms with Crippen LogP contribution in [0.1, 0.15) is 25.3 Å². The topological polar surface area (TPSA) is 53.0 Å². The van der Waals surface area contributed by atoms with Crippen LogP contribution >= 0.6 is 0 Å². The van der Waals surface area contributed by atoms with Crippen molar-refractivity contribution in [3.05, 3.63) is 29.6 Å². The third kappa shape index (κ3) is 3.34. The van der Waals surface area contributed by atoms with Crippen LogP contribution in [-0.4, -0.2) is 48.9 Å². The molecule has 1 aromatic carbocycles. The lowest BCUT2D eigenvalue weighted by Gasteiger charge is -2.47. The third-order valence-electron chi connectivity index (χ3n) is 5.21. The Morgan fingerprint density at radius 2 is 2.00 bits per heavy atom. The summed E-state index contributed by atoms with van der Waals surface area (Å²) in [5.74, 6) is 0.818. The molecule has 2 saturated heterocycles. The minimum atomic E-state index is -0.310. The molecule has 1 N–H and O–H groups in total. The Morgan fingerprint density at radius 1 is 1.29 bits per heavy atom. The van der Waals surface area contributed by atoms with Crippen LogP contribution in [0.4, 0.5) is 14.9 Å². The molecule has 0 radical (unpaired) electrons. The van der Waals surface area contributed by atoms with Gasteiger partial charge < -0.3 is 19.6 Å². The average molecular weight is 336 g/mol. The molecule has 1 amide bonds. The van der Waals surface area contributed by atoms with Crippen molar-refractivity contribution in [1.29, 1.82) is 0 Å². The molecule has 2 aliphatic rings. The molecule has 2 heterocycles. The first kappa shape index (κ1) is 17.0. The zero-order valence-corrected chi connectivity index (χ0v) is 14.1. The van der Waals surface area contributed by atoms with Crippen molar-refractivity contribution in [1.82, 2.24) is 4.90 Å². The van der Waals surface area contributed by atoms with Gasteiger partial charge in [0.15, 0.2) is 5.82 Å². The van der Waals surface area contributed by atoms with Gasteiger partial charge in [0.25, 0.3) is 0 Å². The first-order chi connectivity index (χ1) is 11.6. The molecular weight excluding hydrogens is 311 g/mol. The normalized spacial score (nSPS) is 19.3. The summed E-state index contributed by atoms with van der Waals surface area (Å²) in [6, 6.07) is 5.17. The monoisotopic (exact) mass is 336 g/mol. The number of carbonyl (C=O) groups excluding carboxylic acids is 1. The fourth-order valence-electron chi connectivity index (χ4n) is 3.71. The molecule has 132 valence electrons. The Bertz CT molecular complexity index is 582. The van der Waals surface area contributed by atoms with Gasteiger partial charge in [0.05, 0.1) is 18.9 Å². The van der Waals surface area contributed by atoms with E-state index in [4.69, 9.17) is 4.74 Å². The molecule has 0 saturated carbocycles. The number of nitrogens with zero attached hydrogens (tertiary/aromatic N) is 2. The number of hydrogen-bond acceptors (Lipinski definition) is 4. The zero-order valence-electron chi connectivity index (χ0n) is 14.1. The molecule has 0 aromatic heterocycles. The van der Waals surface area contributed by atoms with E-state index in [1.807, 2.05) is 11.8 Å². The van der Waals surface area contributed by atoms with Crippen LogP contribution in [0, 0.1) is 17.7 Å².